The second kappa shape index (κ2) is 15.0. The molecule has 250 valence electrons. The first-order valence-corrected chi connectivity index (χ1v) is 18.4. The molecule has 0 N–H and O–H groups in total. The van der Waals surface area contributed by atoms with Crippen LogP contribution in [0, 0.1) is 0 Å². The first-order valence-electron chi connectivity index (χ1n) is 18.4. The summed E-state index contributed by atoms with van der Waals surface area (Å²) in [7, 11) is 63.2. The minimum Gasteiger partial charge on any atom is -0.455 e. The molecule has 0 bridgehead atoms. The van der Waals surface area contributed by atoms with Crippen molar-refractivity contribution in [2.75, 3.05) is 0 Å². The Hall–Kier alpha value is -6.00. The zero-order chi connectivity index (χ0) is 41.3. The minimum absolute atomic E-state index is 0.00264. The van der Waals surface area contributed by atoms with Crippen LogP contribution in [0.4, 0.5) is 0 Å². The van der Waals surface area contributed by atoms with Gasteiger partial charge in [-0.3, -0.25) is 0 Å². The van der Waals surface area contributed by atoms with Crippen molar-refractivity contribution in [3.8, 4) is 67.5 Å². The van der Waals surface area contributed by atoms with E-state index >= 15 is 0 Å². The first kappa shape index (κ1) is 38.5. The van der Waals surface area contributed by atoms with E-state index in [1.807, 2.05) is 48.5 Å². The molecule has 0 saturated carbocycles. The second-order valence-corrected chi connectivity index (χ2v) is 14.2. The van der Waals surface area contributed by atoms with Gasteiger partial charge in [-0.1, -0.05) is 119 Å². The summed E-state index contributed by atoms with van der Waals surface area (Å²) in [6.07, 6.45) is 0. The summed E-state index contributed by atoms with van der Waals surface area (Å²) in [4.78, 5) is 14.4. The van der Waals surface area contributed by atoms with Crippen molar-refractivity contribution < 1.29 is 4.42 Å². The monoisotopic (exact) mass is 727 g/mol. The van der Waals surface area contributed by atoms with E-state index in [1.54, 1.807) is 0 Å². The van der Waals surface area contributed by atoms with Crippen LogP contribution in [-0.2, 0) is 0 Å². The third kappa shape index (κ3) is 6.54. The Bertz CT molecular complexity index is 3010. The van der Waals surface area contributed by atoms with E-state index < -0.39 is 0 Å². The fourth-order valence-electron chi connectivity index (χ4n) is 7.40. The summed E-state index contributed by atoms with van der Waals surface area (Å²) in [5, 5.41) is 1.70. The quantitative estimate of drug-likeness (QED) is 0.222. The van der Waals surface area contributed by atoms with Gasteiger partial charge in [-0.05, 0) is 51.6 Å². The van der Waals surface area contributed by atoms with Crippen molar-refractivity contribution in [3.63, 3.8) is 0 Å². The Morgan fingerprint density at radius 1 is 0.322 bits per heavy atom. The predicted octanol–water partition coefficient (Wildman–Crippen LogP) is -0.289. The van der Waals surface area contributed by atoms with Crippen LogP contribution in [0.3, 0.4) is 0 Å². The van der Waals surface area contributed by atoms with Gasteiger partial charge in [0.2, 0.25) is 0 Å². The van der Waals surface area contributed by atoms with E-state index in [-0.39, 0.29) is 83.2 Å². The van der Waals surface area contributed by atoms with Crippen LogP contribution in [0.5, 0.6) is 0 Å². The average molecular weight is 726 g/mol. The zero-order valence-electron chi connectivity index (χ0n) is 31.5. The molecule has 0 saturated heterocycles. The van der Waals surface area contributed by atoms with Gasteiger partial charge in [-0.2, -0.15) is 0 Å². The first-order chi connectivity index (χ1) is 28.4. The lowest BCUT2D eigenvalue weighted by atomic mass is 9.60. The number of benzene rings is 7. The highest BCUT2D eigenvalue weighted by atomic mass is 16.3. The van der Waals surface area contributed by atoms with E-state index in [4.69, 9.17) is 97.8 Å². The third-order valence-electron chi connectivity index (χ3n) is 10.8. The number of rotatable bonds is 6. The zero-order valence-corrected chi connectivity index (χ0v) is 31.5. The van der Waals surface area contributed by atoms with Crippen LogP contribution in [0.1, 0.15) is 0 Å². The smallest absolute Gasteiger partial charge is 0.167 e. The van der Waals surface area contributed by atoms with Crippen molar-refractivity contribution >= 4 is 155 Å². The molecule has 0 aliphatic rings. The fourth-order valence-corrected chi connectivity index (χ4v) is 7.40. The van der Waals surface area contributed by atoms with Crippen molar-refractivity contribution in [2.24, 2.45) is 0 Å². The Balaban J connectivity index is 1.16. The normalized spacial score (nSPS) is 11.4. The van der Waals surface area contributed by atoms with Gasteiger partial charge in [0, 0.05) is 21.9 Å². The third-order valence-corrected chi connectivity index (χ3v) is 10.8. The molecule has 0 aliphatic carbocycles. The largest absolute Gasteiger partial charge is 0.455 e. The van der Waals surface area contributed by atoms with E-state index in [0.717, 1.165) is 33.0 Å². The maximum Gasteiger partial charge on any atom is 0.167 e. The molecule has 0 unspecified atom stereocenters. The van der Waals surface area contributed by atoms with Crippen LogP contribution in [0.15, 0.2) is 120 Å². The number of aromatic nitrogens is 3. The van der Waals surface area contributed by atoms with Gasteiger partial charge >= 0.3 is 0 Å². The molecule has 4 nitrogen and oxygen atoms in total. The molecule has 2 aromatic heterocycles. The summed E-state index contributed by atoms with van der Waals surface area (Å²) in [5.74, 6) is 0.150. The van der Waals surface area contributed by atoms with E-state index in [1.165, 1.54) is 11.1 Å². The van der Waals surface area contributed by atoms with Gasteiger partial charge in [-0.25, -0.2) is 15.0 Å². The lowest BCUT2D eigenvalue weighted by molar-refractivity contribution is 0.669. The highest BCUT2D eigenvalue weighted by molar-refractivity contribution is 6.69. The molecule has 0 amide bonds. The summed E-state index contributed by atoms with van der Waals surface area (Å²) in [6, 6.07) is 39.1. The van der Waals surface area contributed by atoms with Gasteiger partial charge in [0.1, 0.15) is 89.6 Å². The summed E-state index contributed by atoms with van der Waals surface area (Å²) >= 11 is 0. The molecule has 0 fully saturated rings. The molecule has 0 spiro atoms. The highest BCUT2D eigenvalue weighted by Gasteiger charge is 2.23. The van der Waals surface area contributed by atoms with Crippen LogP contribution in [-0.4, -0.2) is 93.4 Å². The van der Waals surface area contributed by atoms with Crippen LogP contribution < -0.4 is 54.6 Å². The van der Waals surface area contributed by atoms with Crippen LogP contribution in [0.2, 0.25) is 0 Å². The molecule has 0 aliphatic heterocycles. The molecule has 59 heavy (non-hydrogen) atoms. The molecule has 20 radical (unpaired) electrons. The Kier molecular flexibility index (Phi) is 9.78. The van der Waals surface area contributed by atoms with E-state index in [9.17, 15) is 0 Å². The molecule has 9 rings (SSSR count). The topological polar surface area (TPSA) is 51.8 Å². The summed E-state index contributed by atoms with van der Waals surface area (Å²) in [5.41, 5.74) is 8.73. The molecule has 0 atom stereocenters. The number of hydrogen-bond donors (Lipinski definition) is 0. The standard InChI is InChI=1S/C45H19B10N3O/c46-32-30(33(47)37(51)40(54)36(32)50)44-56-43(57-45(58-44)31-34(48)38(52)41(55)39(53)35(31)49)27-8-4-7-26-28-19-25(17-18-29(28)59-42(26)27)24-15-13-23(14-16-24)22-11-9-21(10-12-22)20-5-2-1-3-6-20/h1-19H. The molecule has 9 aromatic rings. The number of hydrogen-bond acceptors (Lipinski definition) is 4. The number of fused-ring (bicyclic) bond motifs is 3. The van der Waals surface area contributed by atoms with Crippen LogP contribution >= 0.6 is 0 Å². The number of para-hydroxylation sites is 1. The van der Waals surface area contributed by atoms with Gasteiger partial charge in [-0.15, -0.1) is 32.8 Å². The Labute approximate surface area is 355 Å². The number of nitrogens with zero attached hydrogens (tertiary/aromatic N) is 3. The molecule has 7 aromatic carbocycles. The van der Waals surface area contributed by atoms with Gasteiger partial charge in [0.05, 0.1) is 5.56 Å². The minimum atomic E-state index is -0.00264. The number of furan rings is 1. The van der Waals surface area contributed by atoms with Crippen LogP contribution in [0.25, 0.3) is 89.5 Å². The van der Waals surface area contributed by atoms with Crippen molar-refractivity contribution in [2.45, 2.75) is 0 Å². The van der Waals surface area contributed by atoms with Gasteiger partial charge in [0.15, 0.2) is 17.5 Å². The van der Waals surface area contributed by atoms with Crippen molar-refractivity contribution in [1.82, 2.24) is 15.0 Å². The molecule has 14 heteroatoms. The molecule has 2 heterocycles. The Morgan fingerprint density at radius 3 is 1.19 bits per heavy atom. The lowest BCUT2D eigenvalue weighted by Crippen LogP contribution is -2.55. The predicted molar refractivity (Wildman–Crippen MR) is 254 cm³/mol. The summed E-state index contributed by atoms with van der Waals surface area (Å²) < 4.78 is 6.53. The van der Waals surface area contributed by atoms with Gasteiger partial charge in [0.25, 0.3) is 0 Å². The van der Waals surface area contributed by atoms with E-state index in [2.05, 4.69) is 66.7 Å². The maximum absolute atomic E-state index is 6.53. The molecular formula is C45H19B10N3O. The van der Waals surface area contributed by atoms with Crippen molar-refractivity contribution in [3.05, 3.63) is 115 Å². The average Bonchev–Trinajstić information content (AvgIpc) is 3.65. The summed E-state index contributed by atoms with van der Waals surface area (Å²) in [6.45, 7) is 0. The maximum atomic E-state index is 6.53. The van der Waals surface area contributed by atoms with Gasteiger partial charge < -0.3 is 4.42 Å². The molecular weight excluding hydrogens is 707 g/mol. The SMILES string of the molecule is [B]c1c([B])c([B])c(-c2nc(-c3c([B])c([B])c([B])c([B])c3[B])nc(-c3cccc4c3oc3ccc(-c5ccc(-c6ccc(-c7ccccc7)cc6)cc5)cc34)n2)c([B])c1[B]. The Morgan fingerprint density at radius 2 is 0.712 bits per heavy atom. The van der Waals surface area contributed by atoms with E-state index in [0.29, 0.717) is 16.7 Å². The second-order valence-electron chi connectivity index (χ2n) is 14.2. The highest BCUT2D eigenvalue weighted by Crippen LogP contribution is 2.38. The fraction of sp³-hybridized carbons (Fsp3) is 0. The lowest BCUT2D eigenvalue weighted by Gasteiger charge is -2.22. The van der Waals surface area contributed by atoms with Crippen molar-refractivity contribution in [1.29, 1.82) is 0 Å².